The maximum atomic E-state index is 12.2. The van der Waals surface area contributed by atoms with Gasteiger partial charge < -0.3 is 10.1 Å². The standard InChI is InChI=1S/C15H20N2O3S/c1-20-15(7-2-8-15)12-17-9-10-21(18,19)14-5-3-13(11-16)4-6-14/h3-6,17H,2,7-10,12H2,1H3. The monoisotopic (exact) mass is 308 g/mol. The van der Waals surface area contributed by atoms with Gasteiger partial charge in [-0.15, -0.1) is 0 Å². The zero-order chi connectivity index (χ0) is 15.3. The van der Waals surface area contributed by atoms with Crippen LogP contribution in [0.5, 0.6) is 0 Å². The van der Waals surface area contributed by atoms with Crippen molar-refractivity contribution in [2.45, 2.75) is 29.8 Å². The van der Waals surface area contributed by atoms with Crippen LogP contribution >= 0.6 is 0 Å². The van der Waals surface area contributed by atoms with Crippen LogP contribution < -0.4 is 5.32 Å². The van der Waals surface area contributed by atoms with E-state index in [-0.39, 0.29) is 16.2 Å². The molecule has 0 aromatic heterocycles. The predicted molar refractivity (Wildman–Crippen MR) is 79.7 cm³/mol. The van der Waals surface area contributed by atoms with Gasteiger partial charge in [-0.2, -0.15) is 5.26 Å². The maximum Gasteiger partial charge on any atom is 0.179 e. The first kappa shape index (κ1) is 16.0. The molecule has 0 radical (unpaired) electrons. The highest BCUT2D eigenvalue weighted by Crippen LogP contribution is 2.34. The van der Waals surface area contributed by atoms with Crippen molar-refractivity contribution in [3.63, 3.8) is 0 Å². The molecule has 1 fully saturated rings. The number of sulfone groups is 1. The Morgan fingerprint density at radius 3 is 2.48 bits per heavy atom. The van der Waals surface area contributed by atoms with Gasteiger partial charge in [-0.25, -0.2) is 8.42 Å². The summed E-state index contributed by atoms with van der Waals surface area (Å²) in [5.41, 5.74) is 0.358. The normalized spacial score (nSPS) is 17.0. The zero-order valence-corrected chi connectivity index (χ0v) is 12.9. The highest BCUT2D eigenvalue weighted by Gasteiger charge is 2.36. The summed E-state index contributed by atoms with van der Waals surface area (Å²) < 4.78 is 29.8. The lowest BCUT2D eigenvalue weighted by Gasteiger charge is -2.40. The van der Waals surface area contributed by atoms with Gasteiger partial charge in [0, 0.05) is 20.2 Å². The van der Waals surface area contributed by atoms with Gasteiger partial charge in [-0.05, 0) is 43.5 Å². The summed E-state index contributed by atoms with van der Waals surface area (Å²) in [6, 6.07) is 7.98. The van der Waals surface area contributed by atoms with Crippen molar-refractivity contribution in [1.29, 1.82) is 5.26 Å². The second-order valence-corrected chi connectivity index (χ2v) is 7.48. The quantitative estimate of drug-likeness (QED) is 0.772. The number of rotatable bonds is 7. The molecule has 1 aromatic carbocycles. The van der Waals surface area contributed by atoms with Gasteiger partial charge in [0.15, 0.2) is 9.84 Å². The molecule has 2 rings (SSSR count). The zero-order valence-electron chi connectivity index (χ0n) is 12.1. The molecule has 1 saturated carbocycles. The summed E-state index contributed by atoms with van der Waals surface area (Å²) in [6.45, 7) is 1.08. The first-order valence-electron chi connectivity index (χ1n) is 7.00. The highest BCUT2D eigenvalue weighted by atomic mass is 32.2. The van der Waals surface area contributed by atoms with E-state index >= 15 is 0 Å². The molecule has 0 saturated heterocycles. The van der Waals surface area contributed by atoms with Crippen molar-refractivity contribution < 1.29 is 13.2 Å². The minimum atomic E-state index is -3.31. The number of nitrogens with one attached hydrogen (secondary N) is 1. The lowest BCUT2D eigenvalue weighted by molar-refractivity contribution is -0.0689. The summed E-state index contributed by atoms with van der Waals surface area (Å²) in [6.07, 6.45) is 3.22. The Labute approximate surface area is 125 Å². The van der Waals surface area contributed by atoms with E-state index in [0.29, 0.717) is 18.7 Å². The minimum Gasteiger partial charge on any atom is -0.377 e. The molecule has 0 spiro atoms. The molecular formula is C15H20N2O3S. The molecule has 1 aliphatic carbocycles. The molecule has 0 unspecified atom stereocenters. The Kier molecular flexibility index (Phi) is 4.99. The fraction of sp³-hybridized carbons (Fsp3) is 0.533. The van der Waals surface area contributed by atoms with Crippen molar-refractivity contribution in [3.05, 3.63) is 29.8 Å². The number of benzene rings is 1. The summed E-state index contributed by atoms with van der Waals surface area (Å²) in [7, 11) is -1.61. The van der Waals surface area contributed by atoms with E-state index in [1.165, 1.54) is 30.7 Å². The molecular weight excluding hydrogens is 288 g/mol. The molecule has 0 amide bonds. The van der Waals surface area contributed by atoms with Crippen LogP contribution in [-0.2, 0) is 14.6 Å². The van der Waals surface area contributed by atoms with E-state index in [0.717, 1.165) is 12.8 Å². The van der Waals surface area contributed by atoms with E-state index in [9.17, 15) is 8.42 Å². The van der Waals surface area contributed by atoms with Gasteiger partial charge >= 0.3 is 0 Å². The lowest BCUT2D eigenvalue weighted by Crippen LogP contribution is -2.48. The van der Waals surface area contributed by atoms with Crippen LogP contribution in [0.2, 0.25) is 0 Å². The Bertz CT molecular complexity index is 608. The second kappa shape index (κ2) is 6.56. The number of ether oxygens (including phenoxy) is 1. The molecule has 21 heavy (non-hydrogen) atoms. The van der Waals surface area contributed by atoms with Crippen LogP contribution in [0.3, 0.4) is 0 Å². The van der Waals surface area contributed by atoms with Crippen molar-refractivity contribution in [1.82, 2.24) is 5.32 Å². The van der Waals surface area contributed by atoms with Gasteiger partial charge in [-0.3, -0.25) is 0 Å². The Morgan fingerprint density at radius 2 is 2.00 bits per heavy atom. The molecule has 5 nitrogen and oxygen atoms in total. The van der Waals surface area contributed by atoms with Gasteiger partial charge in [-0.1, -0.05) is 0 Å². The highest BCUT2D eigenvalue weighted by molar-refractivity contribution is 7.91. The number of nitrogens with zero attached hydrogens (tertiary/aromatic N) is 1. The molecule has 0 bridgehead atoms. The fourth-order valence-corrected chi connectivity index (χ4v) is 3.60. The number of hydrogen-bond donors (Lipinski definition) is 1. The lowest BCUT2D eigenvalue weighted by atomic mass is 9.80. The second-order valence-electron chi connectivity index (χ2n) is 5.37. The third kappa shape index (κ3) is 3.82. The first-order valence-corrected chi connectivity index (χ1v) is 8.65. The van der Waals surface area contributed by atoms with Crippen LogP contribution in [0.25, 0.3) is 0 Å². The SMILES string of the molecule is COC1(CNCCS(=O)(=O)c2ccc(C#N)cc2)CCC1. The average molecular weight is 308 g/mol. The van der Waals surface area contributed by atoms with E-state index in [1.807, 2.05) is 6.07 Å². The maximum absolute atomic E-state index is 12.2. The molecule has 1 aliphatic rings. The van der Waals surface area contributed by atoms with Crippen LogP contribution in [0, 0.1) is 11.3 Å². The van der Waals surface area contributed by atoms with E-state index in [2.05, 4.69) is 5.32 Å². The van der Waals surface area contributed by atoms with Gasteiger partial charge in [0.25, 0.3) is 0 Å². The van der Waals surface area contributed by atoms with Crippen LogP contribution in [0.1, 0.15) is 24.8 Å². The third-order valence-electron chi connectivity index (χ3n) is 4.04. The van der Waals surface area contributed by atoms with Crippen molar-refractivity contribution in [3.8, 4) is 6.07 Å². The minimum absolute atomic E-state index is 0.0404. The average Bonchev–Trinajstić information content (AvgIpc) is 2.46. The smallest absolute Gasteiger partial charge is 0.179 e. The number of hydrogen-bond acceptors (Lipinski definition) is 5. The number of methoxy groups -OCH3 is 1. The summed E-state index contributed by atoms with van der Waals surface area (Å²) in [4.78, 5) is 0.258. The summed E-state index contributed by atoms with van der Waals surface area (Å²) in [5, 5.41) is 11.9. The molecule has 1 N–H and O–H groups in total. The van der Waals surface area contributed by atoms with Gasteiger partial charge in [0.2, 0.25) is 0 Å². The molecule has 114 valence electrons. The van der Waals surface area contributed by atoms with Crippen molar-refractivity contribution >= 4 is 9.84 Å². The fourth-order valence-electron chi connectivity index (χ4n) is 2.40. The van der Waals surface area contributed by atoms with E-state index in [1.54, 1.807) is 7.11 Å². The van der Waals surface area contributed by atoms with Crippen LogP contribution in [-0.4, -0.2) is 40.0 Å². The number of nitriles is 1. The molecule has 0 heterocycles. The van der Waals surface area contributed by atoms with Crippen molar-refractivity contribution in [2.24, 2.45) is 0 Å². The van der Waals surface area contributed by atoms with E-state index < -0.39 is 9.84 Å². The molecule has 0 aliphatic heterocycles. The molecule has 0 atom stereocenters. The Morgan fingerprint density at radius 1 is 1.33 bits per heavy atom. The van der Waals surface area contributed by atoms with E-state index in [4.69, 9.17) is 10.00 Å². The molecule has 6 heteroatoms. The largest absolute Gasteiger partial charge is 0.377 e. The Hall–Kier alpha value is -1.42. The van der Waals surface area contributed by atoms with Gasteiger partial charge in [0.1, 0.15) is 0 Å². The Balaban J connectivity index is 1.85. The topological polar surface area (TPSA) is 79.2 Å². The van der Waals surface area contributed by atoms with Gasteiger partial charge in [0.05, 0.1) is 27.9 Å². The third-order valence-corrected chi connectivity index (χ3v) is 5.77. The predicted octanol–water partition coefficient (Wildman–Crippen LogP) is 1.49. The summed E-state index contributed by atoms with van der Waals surface area (Å²) in [5.74, 6) is 0.0404. The first-order chi connectivity index (χ1) is 10.0. The van der Waals surface area contributed by atoms with Crippen LogP contribution in [0.15, 0.2) is 29.2 Å². The summed E-state index contributed by atoms with van der Waals surface area (Å²) >= 11 is 0. The van der Waals surface area contributed by atoms with Crippen LogP contribution in [0.4, 0.5) is 0 Å². The molecule has 1 aromatic rings. The van der Waals surface area contributed by atoms with Crippen molar-refractivity contribution in [2.75, 3.05) is 26.0 Å².